The Kier molecular flexibility index (Phi) is 3.87. The van der Waals surface area contributed by atoms with Gasteiger partial charge in [0.1, 0.15) is 11.2 Å². The number of hydrogen-bond donors (Lipinski definition) is 3. The fourth-order valence-electron chi connectivity index (χ4n) is 1.75. The summed E-state index contributed by atoms with van der Waals surface area (Å²) >= 11 is 0. The van der Waals surface area contributed by atoms with Crippen molar-refractivity contribution in [2.45, 2.75) is 44.5 Å². The smallest absolute Gasteiger partial charge is 0.410 e. The van der Waals surface area contributed by atoms with Gasteiger partial charge in [0, 0.05) is 6.54 Å². The standard InChI is InChI=1S/C11H19NO6/c1-10(2,3)18-9(16)12-5-4-11(17,6-12)7(13)8(14)15/h7,13,17H,4-6H2,1-3H3,(H,14,15). The van der Waals surface area contributed by atoms with Gasteiger partial charge >= 0.3 is 12.1 Å². The van der Waals surface area contributed by atoms with Crippen LogP contribution in [0.25, 0.3) is 0 Å². The zero-order valence-electron chi connectivity index (χ0n) is 10.7. The van der Waals surface area contributed by atoms with Gasteiger partial charge in [-0.15, -0.1) is 0 Å². The van der Waals surface area contributed by atoms with E-state index < -0.39 is 29.4 Å². The number of carboxylic acid groups (broad SMARTS) is 1. The molecule has 3 N–H and O–H groups in total. The Balaban J connectivity index is 2.66. The molecule has 104 valence electrons. The molecule has 1 rings (SSSR count). The van der Waals surface area contributed by atoms with Crippen molar-refractivity contribution in [3.63, 3.8) is 0 Å². The molecule has 0 aliphatic carbocycles. The van der Waals surface area contributed by atoms with Crippen LogP contribution in [-0.2, 0) is 9.53 Å². The minimum absolute atomic E-state index is 0.000288. The maximum absolute atomic E-state index is 11.7. The van der Waals surface area contributed by atoms with E-state index in [1.807, 2.05) is 0 Å². The van der Waals surface area contributed by atoms with Crippen molar-refractivity contribution in [3.05, 3.63) is 0 Å². The molecule has 0 spiro atoms. The van der Waals surface area contributed by atoms with Gasteiger partial charge in [0.2, 0.25) is 0 Å². The number of β-amino-alcohol motifs (C(OH)–C–C–N with tert-alkyl or cyclic N) is 1. The quantitative estimate of drug-likeness (QED) is 0.635. The molecule has 18 heavy (non-hydrogen) atoms. The average molecular weight is 261 g/mol. The Morgan fingerprint density at radius 3 is 2.39 bits per heavy atom. The van der Waals surface area contributed by atoms with Gasteiger partial charge in [-0.3, -0.25) is 0 Å². The van der Waals surface area contributed by atoms with E-state index in [1.165, 1.54) is 4.90 Å². The van der Waals surface area contributed by atoms with Gasteiger partial charge in [-0.1, -0.05) is 0 Å². The number of nitrogens with zero attached hydrogens (tertiary/aromatic N) is 1. The molecule has 1 saturated heterocycles. The van der Waals surface area contributed by atoms with E-state index in [1.54, 1.807) is 20.8 Å². The highest BCUT2D eigenvalue weighted by Gasteiger charge is 2.47. The van der Waals surface area contributed by atoms with E-state index in [2.05, 4.69) is 0 Å². The maximum atomic E-state index is 11.7. The Morgan fingerprint density at radius 1 is 1.39 bits per heavy atom. The third kappa shape index (κ3) is 3.33. The largest absolute Gasteiger partial charge is 0.479 e. The molecule has 0 bridgehead atoms. The Labute approximate surface area is 105 Å². The fraction of sp³-hybridized carbons (Fsp3) is 0.818. The summed E-state index contributed by atoms with van der Waals surface area (Å²) in [5.74, 6) is -1.51. The molecule has 1 fully saturated rings. The molecule has 1 aliphatic heterocycles. The number of amides is 1. The summed E-state index contributed by atoms with van der Waals surface area (Å²) in [6.07, 6.45) is -2.54. The van der Waals surface area contributed by atoms with Crippen molar-refractivity contribution in [2.75, 3.05) is 13.1 Å². The van der Waals surface area contributed by atoms with Crippen molar-refractivity contribution in [1.29, 1.82) is 0 Å². The highest BCUT2D eigenvalue weighted by molar-refractivity contribution is 5.74. The maximum Gasteiger partial charge on any atom is 0.410 e. The lowest BCUT2D eigenvalue weighted by Crippen LogP contribution is -2.50. The molecule has 1 heterocycles. The Bertz CT molecular complexity index is 350. The van der Waals surface area contributed by atoms with Crippen molar-refractivity contribution in [2.24, 2.45) is 0 Å². The van der Waals surface area contributed by atoms with E-state index in [0.29, 0.717) is 0 Å². The number of ether oxygens (including phenoxy) is 1. The normalized spacial score (nSPS) is 25.9. The molecule has 0 aromatic carbocycles. The highest BCUT2D eigenvalue weighted by atomic mass is 16.6. The highest BCUT2D eigenvalue weighted by Crippen LogP contribution is 2.26. The third-order valence-electron chi connectivity index (χ3n) is 2.67. The van der Waals surface area contributed by atoms with Crippen LogP contribution in [0.1, 0.15) is 27.2 Å². The SMILES string of the molecule is CC(C)(C)OC(=O)N1CCC(O)(C(O)C(=O)O)C1. The van der Waals surface area contributed by atoms with Gasteiger partial charge in [0.05, 0.1) is 6.54 Å². The van der Waals surface area contributed by atoms with E-state index in [-0.39, 0.29) is 19.5 Å². The van der Waals surface area contributed by atoms with Crippen LogP contribution < -0.4 is 0 Å². The van der Waals surface area contributed by atoms with Gasteiger partial charge in [0.15, 0.2) is 6.10 Å². The molecule has 0 aromatic rings. The number of aliphatic carboxylic acids is 1. The zero-order chi connectivity index (χ0) is 14.1. The molecule has 2 atom stereocenters. The first kappa shape index (κ1) is 14.7. The number of likely N-dealkylation sites (tertiary alicyclic amines) is 1. The second-order valence-corrected chi connectivity index (χ2v) is 5.50. The summed E-state index contributed by atoms with van der Waals surface area (Å²) in [6, 6.07) is 0. The predicted octanol–water partition coefficient (Wildman–Crippen LogP) is -0.196. The molecular weight excluding hydrogens is 242 g/mol. The molecule has 0 aromatic heterocycles. The van der Waals surface area contributed by atoms with Gasteiger partial charge in [-0.25, -0.2) is 9.59 Å². The van der Waals surface area contributed by atoms with Crippen LogP contribution in [0.2, 0.25) is 0 Å². The summed E-state index contributed by atoms with van der Waals surface area (Å²) in [7, 11) is 0. The van der Waals surface area contributed by atoms with Crippen LogP contribution in [0.3, 0.4) is 0 Å². The Hall–Kier alpha value is -1.34. The Morgan fingerprint density at radius 2 is 1.94 bits per heavy atom. The predicted molar refractivity (Wildman–Crippen MR) is 61.0 cm³/mol. The van der Waals surface area contributed by atoms with Crippen LogP contribution in [0.15, 0.2) is 0 Å². The van der Waals surface area contributed by atoms with Gasteiger partial charge in [0.25, 0.3) is 0 Å². The number of carbonyl (C=O) groups excluding carboxylic acids is 1. The van der Waals surface area contributed by atoms with Crippen molar-refractivity contribution >= 4 is 12.1 Å². The number of carbonyl (C=O) groups is 2. The average Bonchev–Trinajstić information content (AvgIpc) is 2.58. The first-order valence-electron chi connectivity index (χ1n) is 5.66. The third-order valence-corrected chi connectivity index (χ3v) is 2.67. The second kappa shape index (κ2) is 4.74. The van der Waals surface area contributed by atoms with Crippen molar-refractivity contribution < 1.29 is 29.6 Å². The lowest BCUT2D eigenvalue weighted by Gasteiger charge is -2.27. The number of rotatable bonds is 2. The molecule has 2 unspecified atom stereocenters. The number of aliphatic hydroxyl groups is 2. The van der Waals surface area contributed by atoms with E-state index >= 15 is 0 Å². The number of carboxylic acids is 1. The second-order valence-electron chi connectivity index (χ2n) is 5.50. The topological polar surface area (TPSA) is 107 Å². The van der Waals surface area contributed by atoms with Crippen molar-refractivity contribution in [3.8, 4) is 0 Å². The lowest BCUT2D eigenvalue weighted by atomic mass is 9.96. The summed E-state index contributed by atoms with van der Waals surface area (Å²) in [4.78, 5) is 23.5. The molecule has 7 heteroatoms. The van der Waals surface area contributed by atoms with E-state index in [9.17, 15) is 19.8 Å². The number of aliphatic hydroxyl groups excluding tert-OH is 1. The molecule has 0 radical (unpaired) electrons. The number of hydrogen-bond acceptors (Lipinski definition) is 5. The fourth-order valence-corrected chi connectivity index (χ4v) is 1.75. The summed E-state index contributed by atoms with van der Waals surface area (Å²) in [5.41, 5.74) is -2.48. The summed E-state index contributed by atoms with van der Waals surface area (Å²) in [6.45, 7) is 5.02. The van der Waals surface area contributed by atoms with Gasteiger partial charge < -0.3 is 25.0 Å². The summed E-state index contributed by atoms with van der Waals surface area (Å²) < 4.78 is 5.10. The molecular formula is C11H19NO6. The minimum Gasteiger partial charge on any atom is -0.479 e. The molecule has 0 saturated carbocycles. The first-order chi connectivity index (χ1) is 8.05. The van der Waals surface area contributed by atoms with E-state index in [4.69, 9.17) is 9.84 Å². The van der Waals surface area contributed by atoms with Gasteiger partial charge in [-0.2, -0.15) is 0 Å². The van der Waals surface area contributed by atoms with Crippen LogP contribution in [-0.4, -0.2) is 62.7 Å². The first-order valence-corrected chi connectivity index (χ1v) is 5.66. The zero-order valence-corrected chi connectivity index (χ0v) is 10.7. The van der Waals surface area contributed by atoms with E-state index in [0.717, 1.165) is 0 Å². The minimum atomic E-state index is -1.91. The van der Waals surface area contributed by atoms with Crippen LogP contribution >= 0.6 is 0 Å². The van der Waals surface area contributed by atoms with Crippen LogP contribution in [0, 0.1) is 0 Å². The van der Waals surface area contributed by atoms with Crippen LogP contribution in [0.4, 0.5) is 4.79 Å². The van der Waals surface area contributed by atoms with Gasteiger partial charge in [-0.05, 0) is 27.2 Å². The lowest BCUT2D eigenvalue weighted by molar-refractivity contribution is -0.161. The molecule has 7 nitrogen and oxygen atoms in total. The summed E-state index contributed by atoms with van der Waals surface area (Å²) in [5, 5.41) is 28.0. The van der Waals surface area contributed by atoms with Crippen molar-refractivity contribution in [1.82, 2.24) is 4.90 Å². The molecule has 1 aliphatic rings. The van der Waals surface area contributed by atoms with Crippen LogP contribution in [0.5, 0.6) is 0 Å². The molecule has 1 amide bonds. The monoisotopic (exact) mass is 261 g/mol.